The lowest BCUT2D eigenvalue weighted by Gasteiger charge is -2.30. The van der Waals surface area contributed by atoms with Gasteiger partial charge in [-0.1, -0.05) is 24.4 Å². The average molecular weight is 436 g/mol. The van der Waals surface area contributed by atoms with Crippen LogP contribution in [0, 0.1) is 13.8 Å². The molecule has 4 heterocycles. The molecule has 32 heavy (non-hydrogen) atoms. The lowest BCUT2D eigenvalue weighted by atomic mass is 9.86. The zero-order valence-electron chi connectivity index (χ0n) is 18.6. The van der Waals surface area contributed by atoms with Crippen molar-refractivity contribution in [3.8, 4) is 28.3 Å². The average Bonchev–Trinajstić information content (AvgIpc) is 3.33. The Balaban J connectivity index is 1.65. The predicted molar refractivity (Wildman–Crippen MR) is 119 cm³/mol. The van der Waals surface area contributed by atoms with Gasteiger partial charge in [0.25, 0.3) is 0 Å². The maximum Gasteiger partial charge on any atom is 0.316 e. The number of pyridine rings is 1. The summed E-state index contributed by atoms with van der Waals surface area (Å²) in [6, 6.07) is 2.35. The van der Waals surface area contributed by atoms with Gasteiger partial charge in [0.15, 0.2) is 0 Å². The van der Waals surface area contributed by atoms with Gasteiger partial charge in [-0.15, -0.1) is 0 Å². The summed E-state index contributed by atoms with van der Waals surface area (Å²) in [5, 5.41) is 4.07. The third-order valence-corrected chi connectivity index (χ3v) is 6.36. The lowest BCUT2D eigenvalue weighted by molar-refractivity contribution is 0.0873. The van der Waals surface area contributed by atoms with E-state index in [2.05, 4.69) is 21.2 Å². The number of aryl methyl sites for hydroxylation is 2. The Hall–Kier alpha value is -3.29. The lowest BCUT2D eigenvalue weighted by Crippen LogP contribution is -2.31. The van der Waals surface area contributed by atoms with Crippen molar-refractivity contribution in [3.05, 3.63) is 42.3 Å². The van der Waals surface area contributed by atoms with Gasteiger partial charge in [0.05, 0.1) is 30.4 Å². The first-order valence-electron chi connectivity index (χ1n) is 10.9. The Morgan fingerprint density at radius 2 is 1.78 bits per heavy atom. The number of aromatic nitrogens is 5. The number of rotatable bonds is 5. The van der Waals surface area contributed by atoms with Crippen LogP contribution >= 0.6 is 0 Å². The number of alkyl halides is 1. The van der Waals surface area contributed by atoms with E-state index in [1.807, 2.05) is 30.8 Å². The van der Waals surface area contributed by atoms with Crippen LogP contribution in [-0.2, 0) is 6.54 Å². The SMILES string of the molecule is COc1ncc(-c2cn(CC3(F)CCCCC3)c3cc(-c4c(C)noc4C)cnc23)cn1. The minimum absolute atomic E-state index is 0.299. The van der Waals surface area contributed by atoms with Crippen molar-refractivity contribution >= 4 is 11.0 Å². The van der Waals surface area contributed by atoms with Crippen molar-refractivity contribution in [2.24, 2.45) is 0 Å². The van der Waals surface area contributed by atoms with Crippen LogP contribution in [0.15, 0.2) is 35.4 Å². The van der Waals surface area contributed by atoms with E-state index < -0.39 is 5.67 Å². The number of halogens is 1. The smallest absolute Gasteiger partial charge is 0.316 e. The topological polar surface area (TPSA) is 78.9 Å². The van der Waals surface area contributed by atoms with E-state index >= 15 is 4.39 Å². The molecule has 0 unspecified atom stereocenters. The molecular formula is C24H26FN5O2. The fourth-order valence-corrected chi connectivity index (χ4v) is 4.75. The number of nitrogens with zero attached hydrogens (tertiary/aromatic N) is 5. The fourth-order valence-electron chi connectivity index (χ4n) is 4.75. The molecule has 1 aliphatic carbocycles. The van der Waals surface area contributed by atoms with Crippen molar-refractivity contribution in [2.75, 3.05) is 7.11 Å². The molecule has 4 aromatic heterocycles. The highest BCUT2D eigenvalue weighted by Gasteiger charge is 2.33. The highest BCUT2D eigenvalue weighted by Crippen LogP contribution is 2.38. The second-order valence-electron chi connectivity index (χ2n) is 8.63. The van der Waals surface area contributed by atoms with Crippen LogP contribution in [0.3, 0.4) is 0 Å². The molecule has 5 rings (SSSR count). The van der Waals surface area contributed by atoms with Crippen LogP contribution in [0.5, 0.6) is 6.01 Å². The van der Waals surface area contributed by atoms with E-state index in [1.54, 1.807) is 12.4 Å². The Morgan fingerprint density at radius 3 is 2.44 bits per heavy atom. The molecule has 8 heteroatoms. The van der Waals surface area contributed by atoms with Gasteiger partial charge in [-0.3, -0.25) is 4.98 Å². The van der Waals surface area contributed by atoms with Gasteiger partial charge >= 0.3 is 6.01 Å². The molecule has 0 aliphatic heterocycles. The molecule has 1 aliphatic rings. The van der Waals surface area contributed by atoms with E-state index in [4.69, 9.17) is 14.2 Å². The maximum absolute atomic E-state index is 15.7. The van der Waals surface area contributed by atoms with Gasteiger partial charge in [0.2, 0.25) is 0 Å². The normalized spacial score (nSPS) is 15.9. The highest BCUT2D eigenvalue weighted by atomic mass is 19.1. The molecule has 0 bridgehead atoms. The summed E-state index contributed by atoms with van der Waals surface area (Å²) in [5.74, 6) is 0.736. The number of methoxy groups -OCH3 is 1. The third kappa shape index (κ3) is 3.63. The molecule has 166 valence electrons. The maximum atomic E-state index is 15.7. The third-order valence-electron chi connectivity index (χ3n) is 6.36. The quantitative estimate of drug-likeness (QED) is 0.415. The number of fused-ring (bicyclic) bond motifs is 1. The Bertz CT molecular complexity index is 1240. The molecule has 4 aromatic rings. The van der Waals surface area contributed by atoms with Gasteiger partial charge in [-0.2, -0.15) is 0 Å². The van der Waals surface area contributed by atoms with Gasteiger partial charge in [0.1, 0.15) is 11.4 Å². The Labute approximate surface area is 185 Å². The zero-order chi connectivity index (χ0) is 22.3. The monoisotopic (exact) mass is 435 g/mol. The Kier molecular flexibility index (Phi) is 5.15. The minimum Gasteiger partial charge on any atom is -0.467 e. The first-order chi connectivity index (χ1) is 15.5. The van der Waals surface area contributed by atoms with Crippen LogP contribution in [-0.4, -0.2) is 37.5 Å². The van der Waals surface area contributed by atoms with Gasteiger partial charge in [-0.05, 0) is 32.8 Å². The fraction of sp³-hybridized carbons (Fsp3) is 0.417. The van der Waals surface area contributed by atoms with Crippen molar-refractivity contribution in [3.63, 3.8) is 0 Å². The summed E-state index contributed by atoms with van der Waals surface area (Å²) in [5.41, 5.74) is 4.76. The van der Waals surface area contributed by atoms with E-state index in [-0.39, 0.29) is 0 Å². The standard InChI is InChI=1S/C24H26FN5O2/c1-15-21(16(2)32-29-15)17-9-20-22(26-10-17)19(18-11-27-23(31-3)28-12-18)13-30(20)14-24(25)7-5-4-6-8-24/h9-13H,4-8,14H2,1-3H3. The van der Waals surface area contributed by atoms with Crippen molar-refractivity contribution in [1.29, 1.82) is 0 Å². The molecule has 0 spiro atoms. The van der Waals surface area contributed by atoms with Crippen LogP contribution in [0.1, 0.15) is 43.6 Å². The molecule has 0 aromatic carbocycles. The highest BCUT2D eigenvalue weighted by molar-refractivity contribution is 5.94. The second-order valence-corrected chi connectivity index (χ2v) is 8.63. The van der Waals surface area contributed by atoms with Crippen molar-refractivity contribution in [2.45, 2.75) is 58.2 Å². The summed E-state index contributed by atoms with van der Waals surface area (Å²) in [7, 11) is 1.53. The van der Waals surface area contributed by atoms with Crippen LogP contribution in [0.2, 0.25) is 0 Å². The summed E-state index contributed by atoms with van der Waals surface area (Å²) in [6.07, 6.45) is 11.3. The summed E-state index contributed by atoms with van der Waals surface area (Å²) in [4.78, 5) is 13.2. The summed E-state index contributed by atoms with van der Waals surface area (Å²) in [6.45, 7) is 4.10. The van der Waals surface area contributed by atoms with E-state index in [0.29, 0.717) is 25.4 Å². The summed E-state index contributed by atoms with van der Waals surface area (Å²) >= 11 is 0. The van der Waals surface area contributed by atoms with E-state index in [9.17, 15) is 0 Å². The van der Waals surface area contributed by atoms with Crippen LogP contribution in [0.25, 0.3) is 33.3 Å². The van der Waals surface area contributed by atoms with Crippen LogP contribution in [0.4, 0.5) is 4.39 Å². The molecule has 0 saturated heterocycles. The van der Waals surface area contributed by atoms with E-state index in [0.717, 1.165) is 64.0 Å². The van der Waals surface area contributed by atoms with E-state index in [1.165, 1.54) is 7.11 Å². The molecule has 0 N–H and O–H groups in total. The zero-order valence-corrected chi connectivity index (χ0v) is 18.6. The van der Waals surface area contributed by atoms with Gasteiger partial charge in [-0.25, -0.2) is 14.4 Å². The first-order valence-corrected chi connectivity index (χ1v) is 10.9. The van der Waals surface area contributed by atoms with Gasteiger partial charge < -0.3 is 13.8 Å². The number of ether oxygens (including phenoxy) is 1. The largest absolute Gasteiger partial charge is 0.467 e. The molecule has 0 amide bonds. The van der Waals surface area contributed by atoms with Crippen molar-refractivity contribution in [1.82, 2.24) is 24.7 Å². The first kappa shape index (κ1) is 20.6. The Morgan fingerprint density at radius 1 is 1.06 bits per heavy atom. The summed E-state index contributed by atoms with van der Waals surface area (Å²) < 4.78 is 28.1. The van der Waals surface area contributed by atoms with Gasteiger partial charge in [0, 0.05) is 47.0 Å². The number of hydrogen-bond acceptors (Lipinski definition) is 6. The molecule has 1 fully saturated rings. The minimum atomic E-state index is -1.21. The number of hydrogen-bond donors (Lipinski definition) is 0. The second kappa shape index (κ2) is 8.00. The predicted octanol–water partition coefficient (Wildman–Crippen LogP) is 5.45. The molecule has 7 nitrogen and oxygen atoms in total. The van der Waals surface area contributed by atoms with Crippen LogP contribution < -0.4 is 4.74 Å². The van der Waals surface area contributed by atoms with Crippen molar-refractivity contribution < 1.29 is 13.7 Å². The molecule has 1 saturated carbocycles. The molecule has 0 atom stereocenters. The molecule has 0 radical (unpaired) electrons. The molecular weight excluding hydrogens is 409 g/mol.